The fraction of sp³-hybridized carbons (Fsp3) is 0.381. The first-order valence-corrected chi connectivity index (χ1v) is 9.28. The van der Waals surface area contributed by atoms with Gasteiger partial charge < -0.3 is 9.15 Å². The molecule has 4 rings (SSSR count). The maximum Gasteiger partial charge on any atom is 0.326 e. The summed E-state index contributed by atoms with van der Waals surface area (Å²) in [5.74, 6) is -2.39. The van der Waals surface area contributed by atoms with Crippen LogP contribution in [0.3, 0.4) is 0 Å². The molecule has 0 spiro atoms. The van der Waals surface area contributed by atoms with Crippen molar-refractivity contribution in [2.45, 2.75) is 31.8 Å². The van der Waals surface area contributed by atoms with Crippen LogP contribution >= 0.6 is 0 Å². The van der Waals surface area contributed by atoms with Gasteiger partial charge in [0.25, 0.3) is 0 Å². The van der Waals surface area contributed by atoms with Gasteiger partial charge in [-0.3, -0.25) is 19.7 Å². The van der Waals surface area contributed by atoms with Crippen LogP contribution in [0, 0.1) is 18.8 Å². The van der Waals surface area contributed by atoms with E-state index in [4.69, 9.17) is 9.15 Å². The maximum absolute atomic E-state index is 13.4. The highest BCUT2D eigenvalue weighted by Crippen LogP contribution is 2.51. The minimum absolute atomic E-state index is 0.304. The number of esters is 1. The minimum atomic E-state index is -1.29. The molecule has 2 aromatic rings. The molecule has 1 aromatic heterocycles. The number of rotatable bonds is 4. The van der Waals surface area contributed by atoms with E-state index in [1.165, 1.54) is 18.3 Å². The lowest BCUT2D eigenvalue weighted by Gasteiger charge is -2.31. The number of nitrogens with zero attached hydrogens (tertiary/aromatic N) is 1. The summed E-state index contributed by atoms with van der Waals surface area (Å²) >= 11 is 0. The second kappa shape index (κ2) is 6.60. The highest BCUT2D eigenvalue weighted by Gasteiger charge is 2.68. The Hall–Kier alpha value is -2.93. The minimum Gasteiger partial charge on any atom is -0.468 e. The maximum atomic E-state index is 13.4. The van der Waals surface area contributed by atoms with Gasteiger partial charge in [0.1, 0.15) is 11.3 Å². The Morgan fingerprint density at radius 1 is 1.21 bits per heavy atom. The zero-order chi connectivity index (χ0) is 20.1. The van der Waals surface area contributed by atoms with Crippen molar-refractivity contribution in [3.05, 3.63) is 54.0 Å². The summed E-state index contributed by atoms with van der Waals surface area (Å²) in [5.41, 5.74) is 0.238. The molecule has 0 unspecified atom stereocenters. The third-order valence-electron chi connectivity index (χ3n) is 5.90. The third-order valence-corrected chi connectivity index (χ3v) is 5.90. The van der Waals surface area contributed by atoms with Gasteiger partial charge in [-0.15, -0.1) is 0 Å². The number of furan rings is 1. The molecule has 2 aliphatic heterocycles. The van der Waals surface area contributed by atoms with Crippen molar-refractivity contribution in [1.82, 2.24) is 5.32 Å². The zero-order valence-electron chi connectivity index (χ0n) is 16.0. The van der Waals surface area contributed by atoms with Crippen LogP contribution in [0.1, 0.15) is 30.7 Å². The predicted molar refractivity (Wildman–Crippen MR) is 100 cm³/mol. The van der Waals surface area contributed by atoms with E-state index in [-0.39, 0.29) is 5.91 Å². The standard InChI is InChI=1S/C21H22N2O5/c1-4-21(20(26)27-3)16-15(17(22-21)14-6-5-11-28-14)18(24)23(19(16)25)13-9-7-12(2)8-10-13/h5-11,15-17,22H,4H2,1-3H3/t15-,16-,17+,21-/m0/s1. The van der Waals surface area contributed by atoms with Gasteiger partial charge in [-0.2, -0.15) is 0 Å². The van der Waals surface area contributed by atoms with Crippen LogP contribution < -0.4 is 10.2 Å². The van der Waals surface area contributed by atoms with Gasteiger partial charge >= 0.3 is 5.97 Å². The molecule has 28 heavy (non-hydrogen) atoms. The lowest BCUT2D eigenvalue weighted by Crippen LogP contribution is -2.55. The number of amides is 2. The average Bonchev–Trinajstić information content (AvgIpc) is 3.39. The Morgan fingerprint density at radius 3 is 2.50 bits per heavy atom. The fourth-order valence-corrected chi connectivity index (χ4v) is 4.50. The van der Waals surface area contributed by atoms with E-state index in [2.05, 4.69) is 5.32 Å². The van der Waals surface area contributed by atoms with Gasteiger partial charge in [-0.05, 0) is 37.6 Å². The van der Waals surface area contributed by atoms with Crippen LogP contribution in [-0.2, 0) is 19.1 Å². The van der Waals surface area contributed by atoms with Crippen molar-refractivity contribution >= 4 is 23.5 Å². The number of hydrogen-bond donors (Lipinski definition) is 1. The Labute approximate surface area is 162 Å². The van der Waals surface area contributed by atoms with Crippen molar-refractivity contribution in [2.24, 2.45) is 11.8 Å². The fourth-order valence-electron chi connectivity index (χ4n) is 4.50. The van der Waals surface area contributed by atoms with Gasteiger partial charge in [0.05, 0.1) is 36.9 Å². The average molecular weight is 382 g/mol. The number of imide groups is 1. The molecule has 0 aliphatic carbocycles. The monoisotopic (exact) mass is 382 g/mol. The van der Waals surface area contributed by atoms with Crippen LogP contribution in [0.2, 0.25) is 0 Å². The molecule has 1 aromatic carbocycles. The normalized spacial score (nSPS) is 29.2. The summed E-state index contributed by atoms with van der Waals surface area (Å²) in [6, 6.07) is 10.0. The first-order valence-electron chi connectivity index (χ1n) is 9.28. The van der Waals surface area contributed by atoms with Gasteiger partial charge in [0.2, 0.25) is 11.8 Å². The molecule has 2 amide bonds. The third kappa shape index (κ3) is 2.43. The quantitative estimate of drug-likeness (QED) is 0.645. The number of benzene rings is 1. The molecule has 1 N–H and O–H groups in total. The molecule has 2 aliphatic rings. The van der Waals surface area contributed by atoms with Crippen LogP contribution in [0.5, 0.6) is 0 Å². The van der Waals surface area contributed by atoms with E-state index < -0.39 is 35.3 Å². The number of fused-ring (bicyclic) bond motifs is 1. The van der Waals surface area contributed by atoms with Crippen molar-refractivity contribution in [3.63, 3.8) is 0 Å². The van der Waals surface area contributed by atoms with Crippen molar-refractivity contribution in [2.75, 3.05) is 12.0 Å². The van der Waals surface area contributed by atoms with E-state index >= 15 is 0 Å². The number of carbonyl (C=O) groups excluding carboxylic acids is 3. The molecular weight excluding hydrogens is 360 g/mol. The van der Waals surface area contributed by atoms with Crippen LogP contribution in [0.25, 0.3) is 0 Å². The summed E-state index contributed by atoms with van der Waals surface area (Å²) in [5, 5.41) is 3.21. The molecule has 2 fully saturated rings. The second-order valence-corrected chi connectivity index (χ2v) is 7.30. The molecular formula is C21H22N2O5. The first-order chi connectivity index (χ1) is 13.4. The number of hydrogen-bond acceptors (Lipinski definition) is 6. The number of nitrogens with one attached hydrogen (secondary N) is 1. The SMILES string of the molecule is CC[C@]1(C(=O)OC)N[C@H](c2ccco2)[C@H]2C(=O)N(c3ccc(C)cc3)C(=O)[C@H]21. The molecule has 0 radical (unpaired) electrons. The number of methoxy groups -OCH3 is 1. The highest BCUT2D eigenvalue weighted by molar-refractivity contribution is 6.24. The summed E-state index contributed by atoms with van der Waals surface area (Å²) < 4.78 is 10.5. The summed E-state index contributed by atoms with van der Waals surface area (Å²) in [4.78, 5) is 40.8. The molecule has 4 atom stereocenters. The second-order valence-electron chi connectivity index (χ2n) is 7.30. The lowest BCUT2D eigenvalue weighted by molar-refractivity contribution is -0.152. The lowest BCUT2D eigenvalue weighted by atomic mass is 9.78. The number of anilines is 1. The first kappa shape index (κ1) is 18.4. The van der Waals surface area contributed by atoms with E-state index in [1.807, 2.05) is 19.1 Å². The summed E-state index contributed by atoms with van der Waals surface area (Å²) in [6.07, 6.45) is 1.81. The zero-order valence-corrected chi connectivity index (χ0v) is 16.0. The van der Waals surface area contributed by atoms with E-state index in [0.29, 0.717) is 17.9 Å². The molecule has 7 heteroatoms. The largest absolute Gasteiger partial charge is 0.468 e. The summed E-state index contributed by atoms with van der Waals surface area (Å²) in [7, 11) is 1.29. The smallest absolute Gasteiger partial charge is 0.326 e. The van der Waals surface area contributed by atoms with Crippen LogP contribution in [0.4, 0.5) is 5.69 Å². The molecule has 7 nitrogen and oxygen atoms in total. The van der Waals surface area contributed by atoms with Gasteiger partial charge in [0, 0.05) is 0 Å². The Balaban J connectivity index is 1.84. The topological polar surface area (TPSA) is 88.8 Å². The van der Waals surface area contributed by atoms with Crippen molar-refractivity contribution < 1.29 is 23.5 Å². The Kier molecular flexibility index (Phi) is 4.34. The van der Waals surface area contributed by atoms with E-state index in [1.54, 1.807) is 31.2 Å². The van der Waals surface area contributed by atoms with Gasteiger partial charge in [-0.25, -0.2) is 4.90 Å². The van der Waals surface area contributed by atoms with Crippen molar-refractivity contribution in [3.8, 4) is 0 Å². The van der Waals surface area contributed by atoms with E-state index in [9.17, 15) is 14.4 Å². The predicted octanol–water partition coefficient (Wildman–Crippen LogP) is 2.36. The summed E-state index contributed by atoms with van der Waals surface area (Å²) in [6.45, 7) is 3.74. The van der Waals surface area contributed by atoms with Crippen molar-refractivity contribution in [1.29, 1.82) is 0 Å². The molecule has 146 valence electrons. The Morgan fingerprint density at radius 2 is 1.93 bits per heavy atom. The van der Waals surface area contributed by atoms with Crippen LogP contribution in [-0.4, -0.2) is 30.4 Å². The number of ether oxygens (including phenoxy) is 1. The number of aryl methyl sites for hydroxylation is 1. The molecule has 3 heterocycles. The van der Waals surface area contributed by atoms with Gasteiger partial charge in [0.15, 0.2) is 0 Å². The number of carbonyl (C=O) groups is 3. The molecule has 2 saturated heterocycles. The van der Waals surface area contributed by atoms with Crippen LogP contribution in [0.15, 0.2) is 47.1 Å². The molecule has 0 bridgehead atoms. The highest BCUT2D eigenvalue weighted by atomic mass is 16.5. The van der Waals surface area contributed by atoms with Gasteiger partial charge in [-0.1, -0.05) is 24.6 Å². The van der Waals surface area contributed by atoms with E-state index in [0.717, 1.165) is 5.56 Å². The molecule has 0 saturated carbocycles. The Bertz CT molecular complexity index is 921.